The molecule has 168 valence electrons. The molecule has 3 rings (SSSR count). The van der Waals surface area contributed by atoms with Crippen LogP contribution in [0.3, 0.4) is 0 Å². The highest BCUT2D eigenvalue weighted by atomic mass is 35.5. The number of benzene rings is 2. The minimum absolute atomic E-state index is 0.165. The summed E-state index contributed by atoms with van der Waals surface area (Å²) in [6, 6.07) is 13.5. The number of thioether (sulfide) groups is 1. The van der Waals surface area contributed by atoms with Crippen molar-refractivity contribution < 1.29 is 14.3 Å². The van der Waals surface area contributed by atoms with Crippen LogP contribution in [0.15, 0.2) is 53.7 Å². The van der Waals surface area contributed by atoms with E-state index in [4.69, 9.17) is 16.3 Å². The number of rotatable bonds is 9. The van der Waals surface area contributed by atoms with Gasteiger partial charge in [-0.25, -0.2) is 0 Å². The van der Waals surface area contributed by atoms with Gasteiger partial charge in [0.2, 0.25) is 5.91 Å². The largest absolute Gasteiger partial charge is 0.496 e. The third-order valence-electron chi connectivity index (χ3n) is 4.61. The molecular weight excluding hydrogens is 450 g/mol. The van der Waals surface area contributed by atoms with E-state index in [1.807, 2.05) is 18.4 Å². The number of nitrogens with zero attached hydrogens (tertiary/aromatic N) is 3. The Bertz CT molecular complexity index is 1090. The van der Waals surface area contributed by atoms with E-state index >= 15 is 0 Å². The molecule has 0 bridgehead atoms. The van der Waals surface area contributed by atoms with E-state index in [0.29, 0.717) is 39.5 Å². The van der Waals surface area contributed by atoms with Crippen LogP contribution < -0.4 is 15.4 Å². The molecule has 0 fully saturated rings. The minimum Gasteiger partial charge on any atom is -0.496 e. The maximum atomic E-state index is 12.7. The Morgan fingerprint density at radius 2 is 1.88 bits per heavy atom. The monoisotopic (exact) mass is 473 g/mol. The zero-order valence-corrected chi connectivity index (χ0v) is 19.5. The molecule has 0 saturated heterocycles. The second kappa shape index (κ2) is 11.0. The van der Waals surface area contributed by atoms with Crippen LogP contribution in [0.25, 0.3) is 0 Å². The second-order valence-electron chi connectivity index (χ2n) is 6.82. The number of para-hydroxylation sites is 1. The normalized spacial score (nSPS) is 11.6. The zero-order chi connectivity index (χ0) is 23.1. The molecule has 1 heterocycles. The first-order valence-corrected chi connectivity index (χ1v) is 11.3. The number of ether oxygens (including phenoxy) is 1. The summed E-state index contributed by atoms with van der Waals surface area (Å²) in [4.78, 5) is 25.0. The Kier molecular flexibility index (Phi) is 8.13. The van der Waals surface area contributed by atoms with Gasteiger partial charge in [0.15, 0.2) is 11.0 Å². The van der Waals surface area contributed by atoms with Crippen molar-refractivity contribution in [1.29, 1.82) is 0 Å². The van der Waals surface area contributed by atoms with Gasteiger partial charge in [0, 0.05) is 17.3 Å². The number of anilines is 1. The molecule has 1 atom stereocenters. The summed E-state index contributed by atoms with van der Waals surface area (Å²) in [7, 11) is 1.52. The van der Waals surface area contributed by atoms with Gasteiger partial charge < -0.3 is 19.9 Å². The molecule has 0 spiro atoms. The maximum absolute atomic E-state index is 12.7. The van der Waals surface area contributed by atoms with Crippen LogP contribution in [0.2, 0.25) is 5.02 Å². The molecule has 2 amide bonds. The third kappa shape index (κ3) is 5.80. The maximum Gasteiger partial charge on any atom is 0.255 e. The molecule has 0 radical (unpaired) electrons. The number of hydrogen-bond donors (Lipinski definition) is 2. The van der Waals surface area contributed by atoms with Gasteiger partial charge in [-0.15, -0.1) is 10.2 Å². The fourth-order valence-corrected chi connectivity index (χ4v) is 3.99. The van der Waals surface area contributed by atoms with Crippen molar-refractivity contribution in [2.75, 3.05) is 18.2 Å². The SMILES string of the molecule is CCn1c(SCC(=O)Nc2ccc(Cl)cc2)nnc1[C@H](C)NC(=O)c1ccccc1OC. The van der Waals surface area contributed by atoms with Gasteiger partial charge in [0.1, 0.15) is 5.75 Å². The lowest BCUT2D eigenvalue weighted by molar-refractivity contribution is -0.113. The standard InChI is InChI=1S/C22H24ClN5O3S/c1-4-28-20(14(2)24-21(30)17-7-5-6-8-18(17)31-3)26-27-22(28)32-13-19(29)25-16-11-9-15(23)10-12-16/h5-12,14H,4,13H2,1-3H3,(H,24,30)(H,25,29)/t14-/m0/s1. The van der Waals surface area contributed by atoms with E-state index in [2.05, 4.69) is 20.8 Å². The average Bonchev–Trinajstić information content (AvgIpc) is 3.22. The van der Waals surface area contributed by atoms with E-state index in [0.717, 1.165) is 0 Å². The average molecular weight is 474 g/mol. The van der Waals surface area contributed by atoms with Gasteiger partial charge >= 0.3 is 0 Å². The highest BCUT2D eigenvalue weighted by Crippen LogP contribution is 2.23. The molecule has 0 aliphatic heterocycles. The van der Waals surface area contributed by atoms with Crippen molar-refractivity contribution >= 4 is 40.9 Å². The molecule has 0 unspecified atom stereocenters. The van der Waals surface area contributed by atoms with Gasteiger partial charge in [-0.3, -0.25) is 9.59 Å². The van der Waals surface area contributed by atoms with E-state index in [1.54, 1.807) is 48.5 Å². The lowest BCUT2D eigenvalue weighted by atomic mass is 10.1. The van der Waals surface area contributed by atoms with Crippen LogP contribution in [0.1, 0.15) is 36.1 Å². The summed E-state index contributed by atoms with van der Waals surface area (Å²) in [5.41, 5.74) is 1.11. The van der Waals surface area contributed by atoms with Crippen LogP contribution in [-0.2, 0) is 11.3 Å². The number of aromatic nitrogens is 3. The van der Waals surface area contributed by atoms with Gasteiger partial charge in [-0.1, -0.05) is 35.5 Å². The number of halogens is 1. The summed E-state index contributed by atoms with van der Waals surface area (Å²) < 4.78 is 7.15. The summed E-state index contributed by atoms with van der Waals surface area (Å²) in [5, 5.41) is 15.4. The molecular formula is C22H24ClN5O3S. The Hall–Kier alpha value is -3.04. The number of carbonyl (C=O) groups excluding carboxylic acids is 2. The first kappa shape index (κ1) is 23.6. The Morgan fingerprint density at radius 3 is 2.56 bits per heavy atom. The highest BCUT2D eigenvalue weighted by Gasteiger charge is 2.21. The molecule has 0 aliphatic rings. The van der Waals surface area contributed by atoms with Crippen molar-refractivity contribution in [1.82, 2.24) is 20.1 Å². The molecule has 10 heteroatoms. The Balaban J connectivity index is 1.64. The number of amides is 2. The van der Waals surface area contributed by atoms with Crippen LogP contribution >= 0.6 is 23.4 Å². The number of methoxy groups -OCH3 is 1. The fraction of sp³-hybridized carbons (Fsp3) is 0.273. The first-order chi connectivity index (χ1) is 15.4. The quantitative estimate of drug-likeness (QED) is 0.452. The first-order valence-electron chi connectivity index (χ1n) is 9.98. The van der Waals surface area contributed by atoms with Crippen molar-refractivity contribution in [2.24, 2.45) is 0 Å². The molecule has 1 aromatic heterocycles. The van der Waals surface area contributed by atoms with E-state index in [1.165, 1.54) is 18.9 Å². The van der Waals surface area contributed by atoms with E-state index < -0.39 is 6.04 Å². The lowest BCUT2D eigenvalue weighted by Crippen LogP contribution is -2.29. The van der Waals surface area contributed by atoms with Gasteiger partial charge in [-0.05, 0) is 50.2 Å². The topological polar surface area (TPSA) is 98.1 Å². The lowest BCUT2D eigenvalue weighted by Gasteiger charge is -2.16. The highest BCUT2D eigenvalue weighted by molar-refractivity contribution is 7.99. The predicted octanol–water partition coefficient (Wildman–Crippen LogP) is 4.18. The van der Waals surface area contributed by atoms with Crippen LogP contribution in [0, 0.1) is 0 Å². The summed E-state index contributed by atoms with van der Waals surface area (Å²) in [6.45, 7) is 4.39. The Labute approximate surface area is 195 Å². The van der Waals surface area contributed by atoms with E-state index in [9.17, 15) is 9.59 Å². The van der Waals surface area contributed by atoms with Gasteiger partial charge in [-0.2, -0.15) is 0 Å². The molecule has 0 aliphatic carbocycles. The summed E-state index contributed by atoms with van der Waals surface area (Å²) >= 11 is 7.15. The van der Waals surface area contributed by atoms with Crippen LogP contribution in [0.4, 0.5) is 5.69 Å². The number of hydrogen-bond acceptors (Lipinski definition) is 6. The van der Waals surface area contributed by atoms with Crippen molar-refractivity contribution in [2.45, 2.75) is 31.6 Å². The van der Waals surface area contributed by atoms with Crippen molar-refractivity contribution in [3.05, 3.63) is 64.9 Å². The van der Waals surface area contributed by atoms with Gasteiger partial charge in [0.25, 0.3) is 5.91 Å². The summed E-state index contributed by atoms with van der Waals surface area (Å²) in [6.07, 6.45) is 0. The minimum atomic E-state index is -0.392. The number of nitrogens with one attached hydrogen (secondary N) is 2. The van der Waals surface area contributed by atoms with Crippen LogP contribution in [-0.4, -0.2) is 39.4 Å². The van der Waals surface area contributed by atoms with Gasteiger partial charge in [0.05, 0.1) is 24.5 Å². The molecule has 2 N–H and O–H groups in total. The molecule has 8 nitrogen and oxygen atoms in total. The fourth-order valence-electron chi connectivity index (χ4n) is 3.06. The van der Waals surface area contributed by atoms with E-state index in [-0.39, 0.29) is 17.6 Å². The van der Waals surface area contributed by atoms with Crippen molar-refractivity contribution in [3.8, 4) is 5.75 Å². The third-order valence-corrected chi connectivity index (χ3v) is 5.83. The summed E-state index contributed by atoms with van der Waals surface area (Å²) in [5.74, 6) is 0.843. The predicted molar refractivity (Wildman–Crippen MR) is 125 cm³/mol. The van der Waals surface area contributed by atoms with Crippen LogP contribution in [0.5, 0.6) is 5.75 Å². The smallest absolute Gasteiger partial charge is 0.255 e. The molecule has 2 aromatic carbocycles. The molecule has 32 heavy (non-hydrogen) atoms. The molecule has 3 aromatic rings. The number of carbonyl (C=O) groups is 2. The molecule has 0 saturated carbocycles. The zero-order valence-electron chi connectivity index (χ0n) is 18.0. The second-order valence-corrected chi connectivity index (χ2v) is 8.20. The Morgan fingerprint density at radius 1 is 1.16 bits per heavy atom. The van der Waals surface area contributed by atoms with Crippen molar-refractivity contribution in [3.63, 3.8) is 0 Å².